The fourth-order valence-corrected chi connectivity index (χ4v) is 4.59. The fraction of sp³-hybridized carbons (Fsp3) is 0.696. The van der Waals surface area contributed by atoms with Gasteiger partial charge in [-0.05, 0) is 72.1 Å². The third-order valence-corrected chi connectivity index (χ3v) is 6.18. The van der Waals surface area contributed by atoms with Gasteiger partial charge >= 0.3 is 6.09 Å². The standard InChI is InChI=1S/C23H35N5O2/c1-6-18(15-7-8-15)19-12-20(28-21(27-19)14(2)13-24-28)25-16-9-10-17(11-16)26-22(29)30-23(3,4)5/h12-13,15-18,25H,6-11H2,1-5H3,(H,26,29)/t16-,17-,18+/m0/s1. The molecule has 2 fully saturated rings. The molecule has 1 amide bonds. The van der Waals surface area contributed by atoms with E-state index in [1.54, 1.807) is 0 Å². The number of carbonyl (C=O) groups is 1. The number of ether oxygens (including phenoxy) is 1. The monoisotopic (exact) mass is 413 g/mol. The minimum Gasteiger partial charge on any atom is -0.444 e. The number of aryl methyl sites for hydroxylation is 1. The second-order valence-electron chi connectivity index (χ2n) is 9.98. The van der Waals surface area contributed by atoms with Crippen molar-refractivity contribution in [3.63, 3.8) is 0 Å². The lowest BCUT2D eigenvalue weighted by atomic mass is 9.96. The largest absolute Gasteiger partial charge is 0.444 e. The smallest absolute Gasteiger partial charge is 0.407 e. The minimum absolute atomic E-state index is 0.128. The van der Waals surface area contributed by atoms with Gasteiger partial charge in [0.2, 0.25) is 0 Å². The van der Waals surface area contributed by atoms with Gasteiger partial charge < -0.3 is 15.4 Å². The molecule has 2 aliphatic carbocycles. The highest BCUT2D eigenvalue weighted by atomic mass is 16.6. The average Bonchev–Trinajstić information content (AvgIpc) is 3.28. The van der Waals surface area contributed by atoms with Crippen LogP contribution in [0, 0.1) is 12.8 Å². The summed E-state index contributed by atoms with van der Waals surface area (Å²) in [6, 6.07) is 2.61. The normalized spacial score (nSPS) is 22.8. The van der Waals surface area contributed by atoms with Crippen LogP contribution in [0.25, 0.3) is 5.65 Å². The van der Waals surface area contributed by atoms with Crippen molar-refractivity contribution in [2.75, 3.05) is 5.32 Å². The van der Waals surface area contributed by atoms with Crippen LogP contribution in [0.4, 0.5) is 10.6 Å². The molecule has 30 heavy (non-hydrogen) atoms. The molecule has 2 heterocycles. The van der Waals surface area contributed by atoms with Crippen LogP contribution in [0.15, 0.2) is 12.3 Å². The number of aromatic nitrogens is 3. The molecule has 164 valence electrons. The first-order valence-corrected chi connectivity index (χ1v) is 11.3. The number of rotatable bonds is 6. The fourth-order valence-electron chi connectivity index (χ4n) is 4.59. The molecular weight excluding hydrogens is 378 g/mol. The summed E-state index contributed by atoms with van der Waals surface area (Å²) < 4.78 is 7.33. The second-order valence-corrected chi connectivity index (χ2v) is 9.98. The highest BCUT2D eigenvalue weighted by Gasteiger charge is 2.33. The van der Waals surface area contributed by atoms with Crippen molar-refractivity contribution in [1.29, 1.82) is 0 Å². The average molecular weight is 414 g/mol. The van der Waals surface area contributed by atoms with Crippen molar-refractivity contribution in [1.82, 2.24) is 19.9 Å². The van der Waals surface area contributed by atoms with Crippen LogP contribution in [0.5, 0.6) is 0 Å². The van der Waals surface area contributed by atoms with Crippen molar-refractivity contribution in [2.24, 2.45) is 5.92 Å². The Hall–Kier alpha value is -2.31. The lowest BCUT2D eigenvalue weighted by Crippen LogP contribution is -2.38. The highest BCUT2D eigenvalue weighted by Crippen LogP contribution is 2.44. The molecule has 2 N–H and O–H groups in total. The van der Waals surface area contributed by atoms with Crippen molar-refractivity contribution >= 4 is 17.6 Å². The van der Waals surface area contributed by atoms with E-state index in [9.17, 15) is 4.79 Å². The first-order chi connectivity index (χ1) is 14.2. The number of hydrogen-bond acceptors (Lipinski definition) is 5. The molecule has 4 rings (SSSR count). The van der Waals surface area contributed by atoms with E-state index in [1.165, 1.54) is 18.5 Å². The zero-order valence-corrected chi connectivity index (χ0v) is 18.9. The molecular formula is C23H35N5O2. The molecule has 0 unspecified atom stereocenters. The lowest BCUT2D eigenvalue weighted by Gasteiger charge is -2.22. The van der Waals surface area contributed by atoms with Crippen LogP contribution < -0.4 is 10.6 Å². The lowest BCUT2D eigenvalue weighted by molar-refractivity contribution is 0.0505. The highest BCUT2D eigenvalue weighted by molar-refractivity contribution is 5.68. The van der Waals surface area contributed by atoms with Crippen molar-refractivity contribution < 1.29 is 9.53 Å². The van der Waals surface area contributed by atoms with E-state index in [-0.39, 0.29) is 18.2 Å². The Bertz CT molecular complexity index is 912. The van der Waals surface area contributed by atoms with Gasteiger partial charge in [-0.15, -0.1) is 0 Å². The first-order valence-electron chi connectivity index (χ1n) is 11.3. The molecule has 0 spiro atoms. The van der Waals surface area contributed by atoms with Crippen LogP contribution in [0.1, 0.15) is 83.4 Å². The van der Waals surface area contributed by atoms with Crippen molar-refractivity contribution in [2.45, 2.75) is 96.7 Å². The molecule has 2 aromatic rings. The van der Waals surface area contributed by atoms with Crippen LogP contribution in [0.3, 0.4) is 0 Å². The number of anilines is 1. The maximum absolute atomic E-state index is 12.1. The number of hydrogen-bond donors (Lipinski definition) is 2. The van der Waals surface area contributed by atoms with Gasteiger partial charge in [0, 0.05) is 35.3 Å². The molecule has 0 aromatic carbocycles. The number of nitrogens with one attached hydrogen (secondary N) is 2. The Morgan fingerprint density at radius 3 is 2.67 bits per heavy atom. The third-order valence-electron chi connectivity index (χ3n) is 6.18. The molecule has 7 heteroatoms. The summed E-state index contributed by atoms with van der Waals surface area (Å²) in [6.07, 6.45) is 8.11. The Balaban J connectivity index is 1.48. The summed E-state index contributed by atoms with van der Waals surface area (Å²) in [5.41, 5.74) is 2.74. The topological polar surface area (TPSA) is 80.5 Å². The molecule has 0 aliphatic heterocycles. The molecule has 0 saturated heterocycles. The van der Waals surface area contributed by atoms with Crippen LogP contribution in [0.2, 0.25) is 0 Å². The molecule has 2 saturated carbocycles. The quantitative estimate of drug-likeness (QED) is 0.711. The zero-order valence-electron chi connectivity index (χ0n) is 18.9. The molecule has 0 bridgehead atoms. The zero-order chi connectivity index (χ0) is 21.5. The van der Waals surface area contributed by atoms with Crippen LogP contribution in [-0.2, 0) is 4.74 Å². The van der Waals surface area contributed by atoms with Crippen molar-refractivity contribution in [3.05, 3.63) is 23.5 Å². The second kappa shape index (κ2) is 8.08. The number of carbonyl (C=O) groups excluding carboxylic acids is 1. The molecule has 0 radical (unpaired) electrons. The molecule has 2 aliphatic rings. The Morgan fingerprint density at radius 1 is 1.27 bits per heavy atom. The van der Waals surface area contributed by atoms with Crippen LogP contribution in [-0.4, -0.2) is 38.4 Å². The summed E-state index contributed by atoms with van der Waals surface area (Å²) >= 11 is 0. The summed E-state index contributed by atoms with van der Waals surface area (Å²) in [7, 11) is 0. The van der Waals surface area contributed by atoms with E-state index in [2.05, 4.69) is 35.6 Å². The van der Waals surface area contributed by atoms with E-state index >= 15 is 0 Å². The van der Waals surface area contributed by atoms with E-state index in [0.717, 1.165) is 48.6 Å². The third kappa shape index (κ3) is 4.71. The van der Waals surface area contributed by atoms with E-state index in [0.29, 0.717) is 5.92 Å². The summed E-state index contributed by atoms with van der Waals surface area (Å²) in [4.78, 5) is 17.1. The van der Waals surface area contributed by atoms with Gasteiger partial charge in [0.15, 0.2) is 5.65 Å². The van der Waals surface area contributed by atoms with E-state index in [4.69, 9.17) is 9.72 Å². The molecule has 3 atom stereocenters. The Labute approximate surface area is 179 Å². The Morgan fingerprint density at radius 2 is 2.00 bits per heavy atom. The van der Waals surface area contributed by atoms with Crippen molar-refractivity contribution in [3.8, 4) is 0 Å². The summed E-state index contributed by atoms with van der Waals surface area (Å²) in [5.74, 6) is 2.30. The Kier molecular flexibility index (Phi) is 5.64. The van der Waals surface area contributed by atoms with Gasteiger partial charge in [-0.1, -0.05) is 6.92 Å². The maximum Gasteiger partial charge on any atom is 0.407 e. The van der Waals surface area contributed by atoms with Crippen LogP contribution >= 0.6 is 0 Å². The maximum atomic E-state index is 12.1. The number of fused-ring (bicyclic) bond motifs is 1. The van der Waals surface area contributed by atoms with E-state index < -0.39 is 5.60 Å². The van der Waals surface area contributed by atoms with Gasteiger partial charge in [-0.2, -0.15) is 9.61 Å². The van der Waals surface area contributed by atoms with Gasteiger partial charge in [-0.3, -0.25) is 0 Å². The van der Waals surface area contributed by atoms with Gasteiger partial charge in [0.1, 0.15) is 11.4 Å². The first kappa shape index (κ1) is 20.9. The van der Waals surface area contributed by atoms with Gasteiger partial charge in [0.25, 0.3) is 0 Å². The van der Waals surface area contributed by atoms with Gasteiger partial charge in [-0.25, -0.2) is 9.78 Å². The number of nitrogens with zero attached hydrogens (tertiary/aromatic N) is 3. The molecule has 7 nitrogen and oxygen atoms in total. The minimum atomic E-state index is -0.477. The van der Waals surface area contributed by atoms with E-state index in [1.807, 2.05) is 31.5 Å². The summed E-state index contributed by atoms with van der Waals surface area (Å²) in [5, 5.41) is 11.3. The predicted molar refractivity (Wildman–Crippen MR) is 118 cm³/mol. The summed E-state index contributed by atoms with van der Waals surface area (Å²) in [6.45, 7) is 9.98. The SMILES string of the molecule is CC[C@@H](c1cc(N[C@H]2CC[C@H](NC(=O)OC(C)(C)C)C2)n2ncc(C)c2n1)C1CC1. The van der Waals surface area contributed by atoms with Gasteiger partial charge in [0.05, 0.1) is 6.20 Å². The predicted octanol–water partition coefficient (Wildman–Crippen LogP) is 4.80. The molecule has 2 aromatic heterocycles. The number of amides is 1. The number of alkyl carbamates (subject to hydrolysis) is 1.